The van der Waals surface area contributed by atoms with Crippen molar-refractivity contribution in [1.29, 1.82) is 0 Å². The summed E-state index contributed by atoms with van der Waals surface area (Å²) in [5.41, 5.74) is -0.438. The standard InChI is InChI=1S/C15H20F2N2O2S/c1-14(2,3)21-13(20)18-5-6-19-9-15(16,17)10-4-7-22-12(10)11(19)8-18/h4,7,11H,5-6,8-9H2,1-3H3. The molecule has 7 heteroatoms. The van der Waals surface area contributed by atoms with Crippen molar-refractivity contribution in [2.45, 2.75) is 38.3 Å². The molecule has 1 aromatic heterocycles. The molecule has 1 fully saturated rings. The summed E-state index contributed by atoms with van der Waals surface area (Å²) in [5.74, 6) is -2.81. The highest BCUT2D eigenvalue weighted by atomic mass is 32.1. The molecule has 22 heavy (non-hydrogen) atoms. The van der Waals surface area contributed by atoms with E-state index in [0.717, 1.165) is 0 Å². The summed E-state index contributed by atoms with van der Waals surface area (Å²) in [6.45, 7) is 6.44. The lowest BCUT2D eigenvalue weighted by Gasteiger charge is -2.45. The van der Waals surface area contributed by atoms with Crippen LogP contribution in [0.3, 0.4) is 0 Å². The molecule has 0 saturated carbocycles. The number of fused-ring (bicyclic) bond motifs is 3. The van der Waals surface area contributed by atoms with E-state index in [1.807, 2.05) is 20.8 Å². The Bertz CT molecular complexity index is 582. The van der Waals surface area contributed by atoms with Gasteiger partial charge in [-0.3, -0.25) is 4.90 Å². The summed E-state index contributed by atoms with van der Waals surface area (Å²) in [6.07, 6.45) is -0.373. The molecular formula is C15H20F2N2O2S. The third-order valence-corrected chi connectivity index (χ3v) is 4.95. The summed E-state index contributed by atoms with van der Waals surface area (Å²) in [5, 5.41) is 1.70. The van der Waals surface area contributed by atoms with Gasteiger partial charge in [0, 0.05) is 30.1 Å². The van der Waals surface area contributed by atoms with Gasteiger partial charge in [-0.05, 0) is 32.2 Å². The summed E-state index contributed by atoms with van der Waals surface area (Å²) in [7, 11) is 0. The van der Waals surface area contributed by atoms with Gasteiger partial charge in [-0.2, -0.15) is 8.78 Å². The van der Waals surface area contributed by atoms with Crippen LogP contribution in [0.1, 0.15) is 37.3 Å². The van der Waals surface area contributed by atoms with Gasteiger partial charge in [-0.15, -0.1) is 11.3 Å². The molecule has 0 bridgehead atoms. The Morgan fingerprint density at radius 1 is 1.41 bits per heavy atom. The van der Waals surface area contributed by atoms with Crippen molar-refractivity contribution in [1.82, 2.24) is 9.80 Å². The summed E-state index contributed by atoms with van der Waals surface area (Å²) in [4.78, 5) is 16.3. The second kappa shape index (κ2) is 5.16. The number of nitrogens with zero attached hydrogens (tertiary/aromatic N) is 2. The predicted molar refractivity (Wildman–Crippen MR) is 80.3 cm³/mol. The van der Waals surface area contributed by atoms with Crippen LogP contribution in [0, 0.1) is 0 Å². The molecule has 0 radical (unpaired) electrons. The van der Waals surface area contributed by atoms with Crippen molar-refractivity contribution in [3.63, 3.8) is 0 Å². The second-order valence-corrected chi connectivity index (χ2v) is 7.76. The SMILES string of the molecule is CC(C)(C)OC(=O)N1CCN2CC(F)(F)c3ccsc3C2C1. The van der Waals surface area contributed by atoms with Gasteiger partial charge in [-0.25, -0.2) is 4.79 Å². The topological polar surface area (TPSA) is 32.8 Å². The van der Waals surface area contributed by atoms with Crippen LogP contribution < -0.4 is 0 Å². The van der Waals surface area contributed by atoms with E-state index < -0.39 is 11.5 Å². The Balaban J connectivity index is 1.80. The van der Waals surface area contributed by atoms with Crippen LogP contribution >= 0.6 is 11.3 Å². The van der Waals surface area contributed by atoms with E-state index in [-0.39, 0.29) is 24.2 Å². The Kier molecular flexibility index (Phi) is 3.68. The quantitative estimate of drug-likeness (QED) is 0.730. The average molecular weight is 330 g/mol. The van der Waals surface area contributed by atoms with Crippen molar-refractivity contribution in [2.75, 3.05) is 26.2 Å². The van der Waals surface area contributed by atoms with Crippen LogP contribution in [0.5, 0.6) is 0 Å². The van der Waals surface area contributed by atoms with Crippen molar-refractivity contribution < 1.29 is 18.3 Å². The normalized spacial score (nSPS) is 24.6. The highest BCUT2D eigenvalue weighted by molar-refractivity contribution is 7.10. The summed E-state index contributed by atoms with van der Waals surface area (Å²) >= 11 is 1.34. The molecular weight excluding hydrogens is 310 g/mol. The maximum absolute atomic E-state index is 14.1. The van der Waals surface area contributed by atoms with Crippen LogP contribution in [0.4, 0.5) is 13.6 Å². The zero-order chi connectivity index (χ0) is 16.1. The fourth-order valence-corrected chi connectivity index (χ4v) is 4.05. The van der Waals surface area contributed by atoms with E-state index in [1.54, 1.807) is 15.2 Å². The van der Waals surface area contributed by atoms with Crippen molar-refractivity contribution in [3.8, 4) is 0 Å². The Labute approximate surface area is 132 Å². The molecule has 2 aliphatic heterocycles. The number of piperazine rings is 1. The first-order chi connectivity index (χ1) is 10.2. The minimum absolute atomic E-state index is 0.116. The van der Waals surface area contributed by atoms with Gasteiger partial charge in [0.25, 0.3) is 5.92 Å². The lowest BCUT2D eigenvalue weighted by Crippen LogP contribution is -2.55. The van der Waals surface area contributed by atoms with Crippen molar-refractivity contribution >= 4 is 17.4 Å². The first-order valence-electron chi connectivity index (χ1n) is 7.35. The summed E-state index contributed by atoms with van der Waals surface area (Å²) in [6, 6.07) is 1.35. The van der Waals surface area contributed by atoms with Gasteiger partial charge < -0.3 is 9.64 Å². The lowest BCUT2D eigenvalue weighted by atomic mass is 9.96. The van der Waals surface area contributed by atoms with Crippen molar-refractivity contribution in [2.24, 2.45) is 0 Å². The van der Waals surface area contributed by atoms with E-state index in [0.29, 0.717) is 24.5 Å². The smallest absolute Gasteiger partial charge is 0.410 e. The third-order valence-electron chi connectivity index (χ3n) is 3.94. The third kappa shape index (κ3) is 2.84. The highest BCUT2D eigenvalue weighted by Crippen LogP contribution is 2.45. The van der Waals surface area contributed by atoms with Gasteiger partial charge in [0.05, 0.1) is 12.6 Å². The first-order valence-corrected chi connectivity index (χ1v) is 8.23. The molecule has 1 amide bonds. The Morgan fingerprint density at radius 3 is 2.82 bits per heavy atom. The molecule has 2 aliphatic rings. The van der Waals surface area contributed by atoms with Gasteiger partial charge in [0.2, 0.25) is 0 Å². The number of rotatable bonds is 0. The Morgan fingerprint density at radius 2 is 2.14 bits per heavy atom. The second-order valence-electron chi connectivity index (χ2n) is 6.82. The van der Waals surface area contributed by atoms with Crippen LogP contribution in [0.2, 0.25) is 0 Å². The van der Waals surface area contributed by atoms with Gasteiger partial charge >= 0.3 is 6.09 Å². The predicted octanol–water partition coefficient (Wildman–Crippen LogP) is 3.45. The fraction of sp³-hybridized carbons (Fsp3) is 0.667. The first kappa shape index (κ1) is 15.7. The average Bonchev–Trinajstić information content (AvgIpc) is 2.86. The zero-order valence-corrected chi connectivity index (χ0v) is 13.8. The zero-order valence-electron chi connectivity index (χ0n) is 12.9. The largest absolute Gasteiger partial charge is 0.444 e. The number of amides is 1. The molecule has 0 spiro atoms. The molecule has 3 heterocycles. The number of thiophene rings is 1. The Hall–Kier alpha value is -1.21. The minimum atomic E-state index is -2.81. The van der Waals surface area contributed by atoms with E-state index in [4.69, 9.17) is 4.74 Å². The molecule has 1 aromatic rings. The van der Waals surface area contributed by atoms with Crippen LogP contribution in [-0.4, -0.2) is 47.7 Å². The lowest BCUT2D eigenvalue weighted by molar-refractivity contribution is -0.0791. The van der Waals surface area contributed by atoms with E-state index in [1.165, 1.54) is 17.4 Å². The fourth-order valence-electron chi connectivity index (χ4n) is 2.97. The number of ether oxygens (including phenoxy) is 1. The minimum Gasteiger partial charge on any atom is -0.444 e. The number of hydrogen-bond acceptors (Lipinski definition) is 4. The molecule has 1 unspecified atom stereocenters. The number of alkyl halides is 2. The molecule has 122 valence electrons. The number of halogens is 2. The molecule has 4 nitrogen and oxygen atoms in total. The van der Waals surface area contributed by atoms with E-state index in [9.17, 15) is 13.6 Å². The van der Waals surface area contributed by atoms with Crippen LogP contribution in [0.25, 0.3) is 0 Å². The van der Waals surface area contributed by atoms with E-state index in [2.05, 4.69) is 0 Å². The molecule has 0 N–H and O–H groups in total. The number of carbonyl (C=O) groups excluding carboxylic acids is 1. The van der Waals surface area contributed by atoms with Gasteiger partial charge in [-0.1, -0.05) is 0 Å². The maximum atomic E-state index is 14.1. The molecule has 0 aromatic carbocycles. The van der Waals surface area contributed by atoms with Crippen LogP contribution in [-0.2, 0) is 10.7 Å². The molecule has 0 aliphatic carbocycles. The number of hydrogen-bond donors (Lipinski definition) is 0. The number of carbonyl (C=O) groups is 1. The molecule has 1 atom stereocenters. The summed E-state index contributed by atoms with van der Waals surface area (Å²) < 4.78 is 33.7. The molecule has 3 rings (SSSR count). The highest BCUT2D eigenvalue weighted by Gasteiger charge is 2.47. The monoisotopic (exact) mass is 330 g/mol. The maximum Gasteiger partial charge on any atom is 0.410 e. The van der Waals surface area contributed by atoms with Gasteiger partial charge in [0.15, 0.2) is 0 Å². The molecule has 1 saturated heterocycles. The van der Waals surface area contributed by atoms with E-state index >= 15 is 0 Å². The van der Waals surface area contributed by atoms with Gasteiger partial charge in [0.1, 0.15) is 5.60 Å². The van der Waals surface area contributed by atoms with Crippen molar-refractivity contribution in [3.05, 3.63) is 21.9 Å². The van der Waals surface area contributed by atoms with Crippen LogP contribution in [0.15, 0.2) is 11.4 Å².